The van der Waals surface area contributed by atoms with Crippen LogP contribution < -0.4 is 11.3 Å². The van der Waals surface area contributed by atoms with Gasteiger partial charge in [0.2, 0.25) is 11.8 Å². The summed E-state index contributed by atoms with van der Waals surface area (Å²) in [5.41, 5.74) is 2.42. The lowest BCUT2D eigenvalue weighted by Gasteiger charge is -2.17. The summed E-state index contributed by atoms with van der Waals surface area (Å²) in [5.74, 6) is -1.97. The minimum absolute atomic E-state index is 0.0271. The molecule has 0 N–H and O–H groups in total. The summed E-state index contributed by atoms with van der Waals surface area (Å²) in [6.45, 7) is -0.122. The first-order valence-electron chi connectivity index (χ1n) is 16.1. The maximum absolute atomic E-state index is 13.5. The first-order chi connectivity index (χ1) is 25.2. The molecule has 2 aliphatic heterocycles. The zero-order valence-corrected chi connectivity index (χ0v) is 26.9. The van der Waals surface area contributed by atoms with Gasteiger partial charge in [-0.05, 0) is 71.8 Å². The average Bonchev–Trinajstić information content (AvgIpc) is 3.54. The van der Waals surface area contributed by atoms with Gasteiger partial charge < -0.3 is 8.83 Å². The molecule has 2 aromatic heterocycles. The van der Waals surface area contributed by atoms with Gasteiger partial charge in [0.25, 0.3) is 23.6 Å². The van der Waals surface area contributed by atoms with E-state index in [0.29, 0.717) is 44.1 Å². The second-order valence-electron chi connectivity index (χ2n) is 12.4. The van der Waals surface area contributed by atoms with Gasteiger partial charge in [0.05, 0.1) is 57.1 Å². The van der Waals surface area contributed by atoms with Gasteiger partial charge >= 0.3 is 11.3 Å². The van der Waals surface area contributed by atoms with Crippen molar-refractivity contribution in [1.29, 1.82) is 0 Å². The van der Waals surface area contributed by atoms with Crippen LogP contribution in [0, 0.1) is 0 Å². The monoisotopic (exact) mass is 686 g/mol. The highest BCUT2D eigenvalue weighted by molar-refractivity contribution is 6.22. The van der Waals surface area contributed by atoms with E-state index in [1.165, 1.54) is 24.3 Å². The predicted octanol–water partition coefficient (Wildman–Crippen LogP) is 5.62. The molecule has 5 aromatic carbocycles. The van der Waals surface area contributed by atoms with Crippen LogP contribution in [0.25, 0.3) is 44.7 Å². The van der Waals surface area contributed by atoms with E-state index in [2.05, 4.69) is 9.97 Å². The lowest BCUT2D eigenvalue weighted by molar-refractivity contribution is 0.0630. The minimum atomic E-state index is -0.566. The zero-order valence-electron chi connectivity index (χ0n) is 26.9. The molecule has 4 amide bonds. The maximum atomic E-state index is 13.5. The summed E-state index contributed by atoms with van der Waals surface area (Å²) in [6.07, 6.45) is 0. The second-order valence-corrected chi connectivity index (χ2v) is 12.4. The number of nitrogens with zero attached hydrogens (tertiary/aromatic N) is 4. The lowest BCUT2D eigenvalue weighted by Crippen LogP contribution is -2.30. The Morgan fingerprint density at radius 2 is 0.865 bits per heavy atom. The molecule has 52 heavy (non-hydrogen) atoms. The fraction of sp³-hybridized carbons (Fsp3) is 0.0500. The van der Waals surface area contributed by atoms with Gasteiger partial charge in [0, 0.05) is 11.1 Å². The largest absolute Gasteiger partial charge is 0.403 e. The molecule has 0 bridgehead atoms. The summed E-state index contributed by atoms with van der Waals surface area (Å²) in [4.78, 5) is 89.9. The number of fused-ring (bicyclic) bond motifs is 4. The predicted molar refractivity (Wildman–Crippen MR) is 186 cm³/mol. The van der Waals surface area contributed by atoms with E-state index in [9.17, 15) is 28.8 Å². The second kappa shape index (κ2) is 11.6. The molecule has 0 unspecified atom stereocenters. The molecular formula is C40H22N4O8. The van der Waals surface area contributed by atoms with Gasteiger partial charge in [-0.2, -0.15) is 0 Å². The molecule has 12 nitrogen and oxygen atoms in total. The van der Waals surface area contributed by atoms with Crippen molar-refractivity contribution in [2.24, 2.45) is 0 Å². The van der Waals surface area contributed by atoms with Crippen LogP contribution in [-0.4, -0.2) is 43.4 Å². The molecule has 0 spiro atoms. The smallest absolute Gasteiger partial charge is 0.347 e. The minimum Gasteiger partial charge on any atom is -0.403 e. The van der Waals surface area contributed by atoms with E-state index in [1.807, 2.05) is 0 Å². The third kappa shape index (κ3) is 4.92. The average molecular weight is 687 g/mol. The number of benzene rings is 5. The van der Waals surface area contributed by atoms with Crippen molar-refractivity contribution in [3.05, 3.63) is 163 Å². The van der Waals surface area contributed by atoms with E-state index >= 15 is 0 Å². The summed E-state index contributed by atoms with van der Waals surface area (Å²) in [7, 11) is 0. The first kappa shape index (κ1) is 30.7. The molecule has 7 aromatic rings. The van der Waals surface area contributed by atoms with Gasteiger partial charge in [0.15, 0.2) is 0 Å². The number of hydrogen-bond acceptors (Lipinski definition) is 10. The molecular weight excluding hydrogens is 664 g/mol. The van der Waals surface area contributed by atoms with Crippen LogP contribution >= 0.6 is 0 Å². The molecule has 4 heterocycles. The molecule has 12 heteroatoms. The highest BCUT2D eigenvalue weighted by Gasteiger charge is 2.37. The van der Waals surface area contributed by atoms with Crippen LogP contribution in [0.4, 0.5) is 0 Å². The molecule has 0 atom stereocenters. The summed E-state index contributed by atoms with van der Waals surface area (Å²) >= 11 is 0. The Kier molecular flexibility index (Phi) is 6.87. The van der Waals surface area contributed by atoms with E-state index in [1.54, 1.807) is 84.9 Å². The number of hydrogen-bond donors (Lipinski definition) is 0. The van der Waals surface area contributed by atoms with Crippen LogP contribution in [-0.2, 0) is 13.1 Å². The lowest BCUT2D eigenvalue weighted by atomic mass is 10.1. The van der Waals surface area contributed by atoms with Crippen LogP contribution in [0.2, 0.25) is 0 Å². The number of aromatic nitrogens is 2. The number of para-hydroxylation sites is 2. The number of carbonyl (C=O) groups is 4. The van der Waals surface area contributed by atoms with Crippen molar-refractivity contribution in [2.45, 2.75) is 13.1 Å². The van der Waals surface area contributed by atoms with Gasteiger partial charge in [0.1, 0.15) is 0 Å². The Bertz CT molecular complexity index is 2670. The van der Waals surface area contributed by atoms with Crippen molar-refractivity contribution in [3.8, 4) is 22.9 Å². The van der Waals surface area contributed by atoms with Crippen molar-refractivity contribution < 1.29 is 28.0 Å². The van der Waals surface area contributed by atoms with E-state index in [-0.39, 0.29) is 47.1 Å². The molecule has 0 fully saturated rings. The molecule has 9 rings (SSSR count). The molecule has 0 saturated carbocycles. The van der Waals surface area contributed by atoms with Gasteiger partial charge in [-0.15, -0.1) is 0 Å². The van der Waals surface area contributed by atoms with Crippen LogP contribution in [0.15, 0.2) is 128 Å². The Morgan fingerprint density at radius 3 is 1.33 bits per heavy atom. The van der Waals surface area contributed by atoms with Gasteiger partial charge in [-0.25, -0.2) is 19.6 Å². The summed E-state index contributed by atoms with van der Waals surface area (Å²) in [6, 6.07) is 29.6. The zero-order chi connectivity index (χ0) is 35.7. The number of amides is 4. The van der Waals surface area contributed by atoms with Gasteiger partial charge in [-0.3, -0.25) is 29.0 Å². The standard InChI is InChI=1S/C40H22N4O8/c45-35-25-14-12-23(33-41-31-10-3-1-8-27(31)39(49)51-33)17-29(25)37(47)43(35)19-21-6-5-7-22(16-21)20-44-36(46)26-15-13-24(18-30(26)38(44)48)34-42-32-11-4-2-9-28(32)40(50)52-34/h1-18H,19-20H2. The number of imide groups is 2. The SMILES string of the molecule is O=C1c2ccc(-c3nc4ccccc4c(=O)o3)cc2C(=O)N1Cc1cccc(CN2C(=O)c3ccc(-c4nc5ccccc5c(=O)o4)cc3C2=O)c1. The Hall–Kier alpha value is -7.34. The van der Waals surface area contributed by atoms with Crippen LogP contribution in [0.3, 0.4) is 0 Å². The maximum Gasteiger partial charge on any atom is 0.347 e. The molecule has 2 aliphatic rings. The van der Waals surface area contributed by atoms with Crippen LogP contribution in [0.1, 0.15) is 52.6 Å². The Labute approximate surface area is 292 Å². The summed E-state index contributed by atoms with van der Waals surface area (Å²) in [5, 5.41) is 0.657. The molecule has 0 aliphatic carbocycles. The molecule has 0 radical (unpaired) electrons. The highest BCUT2D eigenvalue weighted by atomic mass is 16.4. The van der Waals surface area contributed by atoms with E-state index in [4.69, 9.17) is 8.83 Å². The topological polar surface area (TPSA) is 161 Å². The fourth-order valence-corrected chi connectivity index (χ4v) is 6.61. The van der Waals surface area contributed by atoms with Crippen molar-refractivity contribution in [1.82, 2.24) is 19.8 Å². The third-order valence-electron chi connectivity index (χ3n) is 9.18. The number of carbonyl (C=O) groups excluding carboxylic acids is 4. The highest BCUT2D eigenvalue weighted by Crippen LogP contribution is 2.31. The first-order valence-corrected chi connectivity index (χ1v) is 16.1. The fourth-order valence-electron chi connectivity index (χ4n) is 6.61. The van der Waals surface area contributed by atoms with E-state index < -0.39 is 34.9 Å². The van der Waals surface area contributed by atoms with E-state index in [0.717, 1.165) is 9.80 Å². The Morgan fingerprint density at radius 1 is 0.442 bits per heavy atom. The van der Waals surface area contributed by atoms with Gasteiger partial charge in [-0.1, -0.05) is 48.5 Å². The summed E-state index contributed by atoms with van der Waals surface area (Å²) < 4.78 is 10.8. The van der Waals surface area contributed by atoms with Crippen molar-refractivity contribution in [3.63, 3.8) is 0 Å². The quantitative estimate of drug-likeness (QED) is 0.201. The van der Waals surface area contributed by atoms with Crippen molar-refractivity contribution in [2.75, 3.05) is 0 Å². The molecule has 0 saturated heterocycles. The number of rotatable bonds is 6. The normalized spacial score (nSPS) is 13.8. The van der Waals surface area contributed by atoms with Crippen molar-refractivity contribution >= 4 is 45.4 Å². The molecule has 250 valence electrons. The van der Waals surface area contributed by atoms with Crippen LogP contribution in [0.5, 0.6) is 0 Å². The Balaban J connectivity index is 0.938. The third-order valence-corrected chi connectivity index (χ3v) is 9.18.